The van der Waals surface area contributed by atoms with Crippen LogP contribution in [-0.2, 0) is 4.74 Å². The van der Waals surface area contributed by atoms with E-state index in [9.17, 15) is 13.6 Å². The van der Waals surface area contributed by atoms with Crippen LogP contribution in [0, 0.1) is 0 Å². The van der Waals surface area contributed by atoms with Crippen LogP contribution < -0.4 is 0 Å². The van der Waals surface area contributed by atoms with Crippen LogP contribution in [0.3, 0.4) is 0 Å². The molecule has 0 atom stereocenters. The molecular weight excluding hydrogens is 228 g/mol. The van der Waals surface area contributed by atoms with Gasteiger partial charge in [-0.2, -0.15) is 0 Å². The number of hydrogen-bond acceptors (Lipinski definition) is 3. The van der Waals surface area contributed by atoms with Crippen LogP contribution >= 0.6 is 11.6 Å². The second-order valence-electron chi connectivity index (χ2n) is 2.63. The molecule has 1 aromatic heterocycles. The van der Waals surface area contributed by atoms with Crippen molar-refractivity contribution < 1.29 is 18.3 Å². The molecule has 0 radical (unpaired) electrons. The minimum atomic E-state index is -2.76. The SMILES string of the molecule is CCOC(=O)c1cnc(Cl)c(C(F)F)c1. The number of alkyl halides is 2. The predicted octanol–water partition coefficient (Wildman–Crippen LogP) is 2.85. The lowest BCUT2D eigenvalue weighted by atomic mass is 10.2. The Balaban J connectivity index is 3.02. The lowest BCUT2D eigenvalue weighted by Crippen LogP contribution is -2.06. The molecule has 0 aromatic carbocycles. The Kier molecular flexibility index (Phi) is 3.96. The van der Waals surface area contributed by atoms with Gasteiger partial charge in [-0.25, -0.2) is 18.6 Å². The van der Waals surface area contributed by atoms with Crippen LogP contribution in [-0.4, -0.2) is 17.6 Å². The first-order valence-electron chi connectivity index (χ1n) is 4.17. The Morgan fingerprint density at radius 1 is 1.67 bits per heavy atom. The number of ether oxygens (including phenoxy) is 1. The first kappa shape index (κ1) is 11.8. The Hall–Kier alpha value is -1.23. The minimum absolute atomic E-state index is 0.0310. The van der Waals surface area contributed by atoms with E-state index in [4.69, 9.17) is 11.6 Å². The van der Waals surface area contributed by atoms with Gasteiger partial charge in [0.1, 0.15) is 5.15 Å². The maximum absolute atomic E-state index is 12.4. The number of nitrogens with zero attached hydrogens (tertiary/aromatic N) is 1. The van der Waals surface area contributed by atoms with Crippen molar-refractivity contribution in [2.75, 3.05) is 6.61 Å². The first-order chi connectivity index (χ1) is 7.06. The van der Waals surface area contributed by atoms with Crippen LogP contribution in [0.4, 0.5) is 8.78 Å². The van der Waals surface area contributed by atoms with Crippen molar-refractivity contribution in [3.8, 4) is 0 Å². The summed E-state index contributed by atoms with van der Waals surface area (Å²) in [6.07, 6.45) is -1.66. The molecule has 6 heteroatoms. The highest BCUT2D eigenvalue weighted by Gasteiger charge is 2.16. The van der Waals surface area contributed by atoms with E-state index in [1.54, 1.807) is 6.92 Å². The van der Waals surface area contributed by atoms with Gasteiger partial charge >= 0.3 is 5.97 Å². The van der Waals surface area contributed by atoms with E-state index in [0.717, 1.165) is 12.3 Å². The van der Waals surface area contributed by atoms with Gasteiger partial charge in [-0.1, -0.05) is 11.6 Å². The molecule has 0 aliphatic rings. The third-order valence-corrected chi connectivity index (χ3v) is 1.93. The minimum Gasteiger partial charge on any atom is -0.462 e. The fraction of sp³-hybridized carbons (Fsp3) is 0.333. The summed E-state index contributed by atoms with van der Waals surface area (Å²) < 4.78 is 29.4. The summed E-state index contributed by atoms with van der Waals surface area (Å²) in [5.74, 6) is -0.691. The van der Waals surface area contributed by atoms with Gasteiger partial charge in [0.15, 0.2) is 0 Å². The molecule has 0 saturated heterocycles. The highest BCUT2D eigenvalue weighted by Crippen LogP contribution is 2.25. The molecule has 0 aliphatic heterocycles. The Bertz CT molecular complexity index is 371. The van der Waals surface area contributed by atoms with Crippen molar-refractivity contribution in [2.24, 2.45) is 0 Å². The monoisotopic (exact) mass is 235 g/mol. The topological polar surface area (TPSA) is 39.2 Å². The van der Waals surface area contributed by atoms with Gasteiger partial charge in [0.2, 0.25) is 0 Å². The Morgan fingerprint density at radius 2 is 2.33 bits per heavy atom. The van der Waals surface area contributed by atoms with Crippen LogP contribution in [0.15, 0.2) is 12.3 Å². The zero-order valence-corrected chi connectivity index (χ0v) is 8.59. The highest BCUT2D eigenvalue weighted by molar-refractivity contribution is 6.30. The number of carbonyl (C=O) groups is 1. The van der Waals surface area contributed by atoms with Crippen molar-refractivity contribution in [1.82, 2.24) is 4.98 Å². The number of carbonyl (C=O) groups excluding carboxylic acids is 1. The number of hydrogen-bond donors (Lipinski definition) is 0. The second-order valence-corrected chi connectivity index (χ2v) is 2.98. The lowest BCUT2D eigenvalue weighted by molar-refractivity contribution is 0.0525. The summed E-state index contributed by atoms with van der Waals surface area (Å²) in [7, 11) is 0. The largest absolute Gasteiger partial charge is 0.462 e. The summed E-state index contributed by atoms with van der Waals surface area (Å²) in [5, 5.41) is -0.307. The molecule has 0 bridgehead atoms. The van der Waals surface area contributed by atoms with Gasteiger partial charge in [-0.3, -0.25) is 0 Å². The molecule has 0 N–H and O–H groups in total. The molecule has 82 valence electrons. The second kappa shape index (κ2) is 5.02. The zero-order chi connectivity index (χ0) is 11.4. The number of halogens is 3. The Morgan fingerprint density at radius 3 is 2.87 bits per heavy atom. The summed E-state index contributed by atoms with van der Waals surface area (Å²) >= 11 is 5.43. The van der Waals surface area contributed by atoms with Gasteiger partial charge in [0.05, 0.1) is 17.7 Å². The van der Waals surface area contributed by atoms with Crippen molar-refractivity contribution in [3.63, 3.8) is 0 Å². The maximum atomic E-state index is 12.4. The fourth-order valence-electron chi connectivity index (χ4n) is 0.944. The molecule has 0 fully saturated rings. The molecule has 1 aromatic rings. The van der Waals surface area contributed by atoms with E-state index >= 15 is 0 Å². The van der Waals surface area contributed by atoms with Crippen molar-refractivity contribution in [3.05, 3.63) is 28.5 Å². The van der Waals surface area contributed by atoms with Gasteiger partial charge in [0, 0.05) is 6.20 Å². The van der Waals surface area contributed by atoms with Crippen molar-refractivity contribution in [1.29, 1.82) is 0 Å². The quantitative estimate of drug-likeness (QED) is 0.597. The standard InChI is InChI=1S/C9H8ClF2NO2/c1-2-15-9(14)5-3-6(8(11)12)7(10)13-4-5/h3-4,8H,2H2,1H3. The number of pyridine rings is 1. The molecule has 1 heterocycles. The summed E-state index contributed by atoms with van der Waals surface area (Å²) in [6, 6.07) is 0.984. The third-order valence-electron chi connectivity index (χ3n) is 1.61. The van der Waals surface area contributed by atoms with Gasteiger partial charge < -0.3 is 4.74 Å². The average Bonchev–Trinajstić information content (AvgIpc) is 2.18. The van der Waals surface area contributed by atoms with Gasteiger partial charge in [0.25, 0.3) is 6.43 Å². The molecule has 0 amide bonds. The summed E-state index contributed by atoms with van der Waals surface area (Å²) in [5.41, 5.74) is -0.501. The van der Waals surface area contributed by atoms with E-state index < -0.39 is 18.0 Å². The van der Waals surface area contributed by atoms with E-state index in [1.807, 2.05) is 0 Å². The van der Waals surface area contributed by atoms with Crippen LogP contribution in [0.1, 0.15) is 29.3 Å². The first-order valence-corrected chi connectivity index (χ1v) is 4.54. The lowest BCUT2D eigenvalue weighted by Gasteiger charge is -2.05. The van der Waals surface area contributed by atoms with Crippen LogP contribution in [0.5, 0.6) is 0 Å². The van der Waals surface area contributed by atoms with Crippen LogP contribution in [0.25, 0.3) is 0 Å². The maximum Gasteiger partial charge on any atom is 0.339 e. The van der Waals surface area contributed by atoms with E-state index in [2.05, 4.69) is 9.72 Å². The van der Waals surface area contributed by atoms with E-state index in [0.29, 0.717) is 0 Å². The number of aromatic nitrogens is 1. The molecule has 0 saturated carbocycles. The molecule has 0 spiro atoms. The molecular formula is C9H8ClF2NO2. The average molecular weight is 236 g/mol. The fourth-order valence-corrected chi connectivity index (χ4v) is 1.13. The van der Waals surface area contributed by atoms with E-state index in [-0.39, 0.29) is 17.3 Å². The van der Waals surface area contributed by atoms with Crippen molar-refractivity contribution in [2.45, 2.75) is 13.3 Å². The Labute approximate surface area is 90.0 Å². The number of rotatable bonds is 3. The highest BCUT2D eigenvalue weighted by atomic mass is 35.5. The zero-order valence-electron chi connectivity index (χ0n) is 7.84. The summed E-state index contributed by atoms with van der Waals surface area (Å²) in [6.45, 7) is 1.79. The van der Waals surface area contributed by atoms with Crippen LogP contribution in [0.2, 0.25) is 5.15 Å². The summed E-state index contributed by atoms with van der Waals surface area (Å²) in [4.78, 5) is 14.7. The number of esters is 1. The molecule has 0 aliphatic carbocycles. The van der Waals surface area contributed by atoms with E-state index in [1.165, 1.54) is 0 Å². The normalized spacial score (nSPS) is 10.5. The molecule has 0 unspecified atom stereocenters. The molecule has 3 nitrogen and oxygen atoms in total. The van der Waals surface area contributed by atoms with Gasteiger partial charge in [-0.05, 0) is 13.0 Å². The predicted molar refractivity (Wildman–Crippen MR) is 50.2 cm³/mol. The third kappa shape index (κ3) is 2.86. The smallest absolute Gasteiger partial charge is 0.339 e. The van der Waals surface area contributed by atoms with Crippen molar-refractivity contribution >= 4 is 17.6 Å². The van der Waals surface area contributed by atoms with Gasteiger partial charge in [-0.15, -0.1) is 0 Å². The molecule has 15 heavy (non-hydrogen) atoms. The molecule has 1 rings (SSSR count).